The first kappa shape index (κ1) is 18.8. The Morgan fingerprint density at radius 1 is 1.32 bits per heavy atom. The maximum Gasteiger partial charge on any atom is 0.436 e. The number of carbonyl (C=O) groups excluding carboxylic acids is 1. The van der Waals surface area contributed by atoms with Crippen LogP contribution in [-0.4, -0.2) is 25.2 Å². The molecule has 1 atom stereocenters. The number of nitrogens with zero attached hydrogens (tertiary/aromatic N) is 4. The van der Waals surface area contributed by atoms with E-state index in [2.05, 4.69) is 15.4 Å². The SMILES string of the molecule is CC(C(=O)Nc1nc2ccccc2n1C)n1nc(C(F)(F)F)c(Cl)c1C1CC1. The number of hydrogen-bond donors (Lipinski definition) is 1. The van der Waals surface area contributed by atoms with Crippen LogP contribution in [0.5, 0.6) is 0 Å². The summed E-state index contributed by atoms with van der Waals surface area (Å²) in [5, 5.41) is 5.90. The van der Waals surface area contributed by atoms with Gasteiger partial charge in [0.15, 0.2) is 5.69 Å². The summed E-state index contributed by atoms with van der Waals surface area (Å²) in [6, 6.07) is 6.36. The molecule has 1 aromatic carbocycles. The Morgan fingerprint density at radius 2 is 2.00 bits per heavy atom. The van der Waals surface area contributed by atoms with Crippen molar-refractivity contribution in [2.45, 2.75) is 37.9 Å². The van der Waals surface area contributed by atoms with E-state index in [-0.39, 0.29) is 11.6 Å². The third-order valence-corrected chi connectivity index (χ3v) is 5.26. The maximum absolute atomic E-state index is 13.2. The largest absolute Gasteiger partial charge is 0.436 e. The Morgan fingerprint density at radius 3 is 2.61 bits per heavy atom. The van der Waals surface area contributed by atoms with Crippen LogP contribution in [0.1, 0.15) is 43.1 Å². The molecule has 1 saturated carbocycles. The standard InChI is InChI=1S/C18H17ClF3N5O/c1-9(16(28)24-17-23-11-5-3-4-6-12(11)26(17)2)27-14(10-7-8-10)13(19)15(25-27)18(20,21)22/h3-6,9-10H,7-8H2,1-2H3,(H,23,24,28). The van der Waals surface area contributed by atoms with Crippen LogP contribution in [0.15, 0.2) is 24.3 Å². The van der Waals surface area contributed by atoms with Gasteiger partial charge >= 0.3 is 6.18 Å². The summed E-state index contributed by atoms with van der Waals surface area (Å²) in [6.45, 7) is 1.49. The fourth-order valence-corrected chi connectivity index (χ4v) is 3.60. The second-order valence-electron chi connectivity index (χ2n) is 6.91. The molecule has 1 aliphatic rings. The summed E-state index contributed by atoms with van der Waals surface area (Å²) in [5.41, 5.74) is 0.638. The van der Waals surface area contributed by atoms with E-state index in [1.807, 2.05) is 24.3 Å². The van der Waals surface area contributed by atoms with E-state index >= 15 is 0 Å². The van der Waals surface area contributed by atoms with Crippen LogP contribution >= 0.6 is 11.6 Å². The molecule has 2 heterocycles. The zero-order valence-electron chi connectivity index (χ0n) is 15.1. The summed E-state index contributed by atoms with van der Waals surface area (Å²) in [6.07, 6.45) is -3.23. The van der Waals surface area contributed by atoms with Gasteiger partial charge in [0.05, 0.1) is 21.7 Å². The number of aryl methyl sites for hydroxylation is 1. The molecule has 0 saturated heterocycles. The fraction of sp³-hybridized carbons (Fsp3) is 0.389. The van der Waals surface area contributed by atoms with Crippen molar-refractivity contribution < 1.29 is 18.0 Å². The van der Waals surface area contributed by atoms with Crippen molar-refractivity contribution in [2.24, 2.45) is 7.05 Å². The van der Waals surface area contributed by atoms with E-state index < -0.39 is 28.8 Å². The lowest BCUT2D eigenvalue weighted by molar-refractivity contribution is -0.141. The minimum atomic E-state index is -4.68. The molecule has 6 nitrogen and oxygen atoms in total. The number of rotatable bonds is 4. The molecule has 1 aliphatic carbocycles. The highest BCUT2D eigenvalue weighted by atomic mass is 35.5. The number of anilines is 1. The minimum Gasteiger partial charge on any atom is -0.313 e. The van der Waals surface area contributed by atoms with Gasteiger partial charge in [-0.15, -0.1) is 0 Å². The van der Waals surface area contributed by atoms with Crippen molar-refractivity contribution in [3.63, 3.8) is 0 Å². The highest BCUT2D eigenvalue weighted by Gasteiger charge is 2.43. The number of carbonyl (C=O) groups is 1. The van der Waals surface area contributed by atoms with E-state index in [4.69, 9.17) is 11.6 Å². The number of hydrogen-bond acceptors (Lipinski definition) is 3. The average Bonchev–Trinajstić information content (AvgIpc) is 3.34. The van der Waals surface area contributed by atoms with Gasteiger partial charge in [-0.3, -0.25) is 14.8 Å². The van der Waals surface area contributed by atoms with Crippen molar-refractivity contribution >= 4 is 34.5 Å². The van der Waals surface area contributed by atoms with Gasteiger partial charge in [-0.05, 0) is 31.9 Å². The molecule has 1 N–H and O–H groups in total. The number of nitrogens with one attached hydrogen (secondary N) is 1. The third-order valence-electron chi connectivity index (χ3n) is 4.89. The number of fused-ring (bicyclic) bond motifs is 1. The predicted octanol–water partition coefficient (Wildman–Crippen LogP) is 4.52. The second-order valence-corrected chi connectivity index (χ2v) is 7.29. The van der Waals surface area contributed by atoms with E-state index in [1.54, 1.807) is 11.6 Å². The van der Waals surface area contributed by atoms with Crippen molar-refractivity contribution in [1.82, 2.24) is 19.3 Å². The Kier molecular flexibility index (Phi) is 4.37. The number of para-hydroxylation sites is 2. The maximum atomic E-state index is 13.2. The van der Waals surface area contributed by atoms with Crippen LogP contribution in [0.4, 0.5) is 19.1 Å². The van der Waals surface area contributed by atoms with Crippen LogP contribution in [0, 0.1) is 0 Å². The summed E-state index contributed by atoms with van der Waals surface area (Å²) in [7, 11) is 1.75. The van der Waals surface area contributed by atoms with Gasteiger partial charge in [0.1, 0.15) is 6.04 Å². The molecule has 4 rings (SSSR count). The zero-order valence-corrected chi connectivity index (χ0v) is 15.8. The molecule has 1 unspecified atom stereocenters. The second kappa shape index (κ2) is 6.51. The average molecular weight is 412 g/mol. The summed E-state index contributed by atoms with van der Waals surface area (Å²) in [4.78, 5) is 17.1. The van der Waals surface area contributed by atoms with Gasteiger partial charge in [0.25, 0.3) is 5.91 Å². The lowest BCUT2D eigenvalue weighted by atomic mass is 10.2. The number of benzene rings is 1. The van der Waals surface area contributed by atoms with Crippen LogP contribution in [0.3, 0.4) is 0 Å². The van der Waals surface area contributed by atoms with Gasteiger partial charge in [-0.1, -0.05) is 23.7 Å². The van der Waals surface area contributed by atoms with Crippen molar-refractivity contribution in [3.05, 3.63) is 40.7 Å². The van der Waals surface area contributed by atoms with Crippen LogP contribution in [-0.2, 0) is 18.0 Å². The molecule has 2 aromatic heterocycles. The van der Waals surface area contributed by atoms with Crippen LogP contribution in [0.25, 0.3) is 11.0 Å². The monoisotopic (exact) mass is 411 g/mol. The molecule has 3 aromatic rings. The molecule has 28 heavy (non-hydrogen) atoms. The van der Waals surface area contributed by atoms with Crippen molar-refractivity contribution in [3.8, 4) is 0 Å². The van der Waals surface area contributed by atoms with Crippen molar-refractivity contribution in [1.29, 1.82) is 0 Å². The van der Waals surface area contributed by atoms with E-state index in [9.17, 15) is 18.0 Å². The van der Waals surface area contributed by atoms with Gasteiger partial charge in [0.2, 0.25) is 5.95 Å². The first-order valence-corrected chi connectivity index (χ1v) is 9.13. The Balaban J connectivity index is 1.66. The Labute approximate surface area is 163 Å². The first-order chi connectivity index (χ1) is 13.2. The van der Waals surface area contributed by atoms with Crippen LogP contribution < -0.4 is 5.32 Å². The molecule has 0 spiro atoms. The topological polar surface area (TPSA) is 64.7 Å². The molecule has 10 heteroatoms. The third kappa shape index (κ3) is 3.13. The molecule has 0 aliphatic heterocycles. The van der Waals surface area contributed by atoms with Crippen molar-refractivity contribution in [2.75, 3.05) is 5.32 Å². The van der Waals surface area contributed by atoms with Gasteiger partial charge in [0, 0.05) is 13.0 Å². The first-order valence-electron chi connectivity index (χ1n) is 8.76. The van der Waals surface area contributed by atoms with E-state index in [1.165, 1.54) is 6.92 Å². The van der Waals surface area contributed by atoms with E-state index in [0.29, 0.717) is 11.5 Å². The number of alkyl halides is 3. The highest BCUT2D eigenvalue weighted by Crippen LogP contribution is 2.47. The minimum absolute atomic E-state index is 0.109. The zero-order chi connectivity index (χ0) is 20.2. The summed E-state index contributed by atoms with van der Waals surface area (Å²) < 4.78 is 42.5. The Bertz CT molecular complexity index is 1070. The molecule has 0 bridgehead atoms. The van der Waals surface area contributed by atoms with Gasteiger partial charge < -0.3 is 4.57 Å². The summed E-state index contributed by atoms with van der Waals surface area (Å²) >= 11 is 5.99. The molecule has 0 radical (unpaired) electrons. The molecular weight excluding hydrogens is 395 g/mol. The fourth-order valence-electron chi connectivity index (χ4n) is 3.21. The van der Waals surface area contributed by atoms with Gasteiger partial charge in [-0.25, -0.2) is 4.98 Å². The lowest BCUT2D eigenvalue weighted by Crippen LogP contribution is -2.27. The predicted molar refractivity (Wildman–Crippen MR) is 98.3 cm³/mol. The highest BCUT2D eigenvalue weighted by molar-refractivity contribution is 6.32. The van der Waals surface area contributed by atoms with Crippen LogP contribution in [0.2, 0.25) is 5.02 Å². The lowest BCUT2D eigenvalue weighted by Gasteiger charge is -2.15. The quantitative estimate of drug-likeness (QED) is 0.686. The Hall–Kier alpha value is -2.55. The van der Waals surface area contributed by atoms with Gasteiger partial charge in [-0.2, -0.15) is 18.3 Å². The molecule has 148 valence electrons. The number of amides is 1. The summed E-state index contributed by atoms with van der Waals surface area (Å²) in [5.74, 6) is -0.324. The number of halogens is 4. The van der Waals surface area contributed by atoms with E-state index in [0.717, 1.165) is 23.0 Å². The number of aromatic nitrogens is 4. The smallest absolute Gasteiger partial charge is 0.313 e. The normalized spacial score (nSPS) is 15.8. The molecule has 1 fully saturated rings. The number of imidazole rings is 1. The molecule has 1 amide bonds. The molecular formula is C18H17ClF3N5O.